The summed E-state index contributed by atoms with van der Waals surface area (Å²) in [6, 6.07) is 14.0. The molecule has 1 heterocycles. The molecule has 3 rings (SSSR count). The number of hydrogen-bond donors (Lipinski definition) is 2. The van der Waals surface area contributed by atoms with Gasteiger partial charge in [-0.3, -0.25) is 24.6 Å². The van der Waals surface area contributed by atoms with Crippen molar-refractivity contribution in [3.05, 3.63) is 59.7 Å². The molecule has 2 aromatic rings. The van der Waals surface area contributed by atoms with Crippen LogP contribution in [-0.2, 0) is 32.1 Å². The summed E-state index contributed by atoms with van der Waals surface area (Å²) in [5.41, 5.74) is 2.23. The third-order valence-electron chi connectivity index (χ3n) is 4.70. The number of carbonyl (C=O) groups excluding carboxylic acids is 4. The van der Waals surface area contributed by atoms with E-state index in [1.54, 1.807) is 69.3 Å². The minimum Gasteiger partial charge on any atom is -0.444 e. The number of nitrogens with one attached hydrogen (secondary N) is 2. The number of rotatable bonds is 6. The third kappa shape index (κ3) is 6.66. The van der Waals surface area contributed by atoms with Crippen LogP contribution in [0.5, 0.6) is 0 Å². The van der Waals surface area contributed by atoms with Gasteiger partial charge in [0.15, 0.2) is 0 Å². The average Bonchev–Trinajstić information content (AvgIpc) is 3.01. The van der Waals surface area contributed by atoms with Gasteiger partial charge in [0.1, 0.15) is 5.60 Å². The molecule has 0 atom stereocenters. The first-order valence-corrected chi connectivity index (χ1v) is 10.4. The molecule has 8 heteroatoms. The van der Waals surface area contributed by atoms with Gasteiger partial charge in [-0.15, -0.1) is 0 Å². The van der Waals surface area contributed by atoms with E-state index in [0.717, 1.165) is 11.1 Å². The van der Waals surface area contributed by atoms with Gasteiger partial charge < -0.3 is 10.1 Å². The molecule has 0 radical (unpaired) electrons. The number of imide groups is 1. The maximum Gasteiger partial charge on any atom is 0.412 e. The maximum atomic E-state index is 12.4. The highest BCUT2D eigenvalue weighted by molar-refractivity contribution is 6.01. The van der Waals surface area contributed by atoms with E-state index in [-0.39, 0.29) is 43.5 Å². The van der Waals surface area contributed by atoms with Gasteiger partial charge in [0, 0.05) is 24.2 Å². The molecule has 2 aromatic carbocycles. The largest absolute Gasteiger partial charge is 0.444 e. The van der Waals surface area contributed by atoms with Gasteiger partial charge in [-0.05, 0) is 56.2 Å². The van der Waals surface area contributed by atoms with Crippen molar-refractivity contribution in [3.63, 3.8) is 0 Å². The van der Waals surface area contributed by atoms with Crippen LogP contribution in [0.25, 0.3) is 0 Å². The number of anilines is 2. The van der Waals surface area contributed by atoms with Gasteiger partial charge in [-0.1, -0.05) is 24.3 Å². The van der Waals surface area contributed by atoms with E-state index >= 15 is 0 Å². The summed E-state index contributed by atoms with van der Waals surface area (Å²) in [7, 11) is 0. The van der Waals surface area contributed by atoms with Crippen molar-refractivity contribution in [1.29, 1.82) is 0 Å². The zero-order valence-corrected chi connectivity index (χ0v) is 18.4. The second kappa shape index (κ2) is 9.64. The Kier molecular flexibility index (Phi) is 6.92. The summed E-state index contributed by atoms with van der Waals surface area (Å²) in [5.74, 6) is -0.491. The molecule has 4 amide bonds. The number of nitrogens with zero attached hydrogens (tertiary/aromatic N) is 1. The van der Waals surface area contributed by atoms with Gasteiger partial charge in [-0.2, -0.15) is 0 Å². The Labute approximate surface area is 186 Å². The zero-order chi connectivity index (χ0) is 23.3. The fourth-order valence-corrected chi connectivity index (χ4v) is 3.19. The monoisotopic (exact) mass is 437 g/mol. The highest BCUT2D eigenvalue weighted by Gasteiger charge is 2.28. The van der Waals surface area contributed by atoms with Crippen LogP contribution >= 0.6 is 0 Å². The van der Waals surface area contributed by atoms with E-state index in [2.05, 4.69) is 10.6 Å². The topological polar surface area (TPSA) is 105 Å². The third-order valence-corrected chi connectivity index (χ3v) is 4.70. The Morgan fingerprint density at radius 2 is 1.34 bits per heavy atom. The van der Waals surface area contributed by atoms with Gasteiger partial charge in [0.05, 0.1) is 13.0 Å². The van der Waals surface area contributed by atoms with Crippen LogP contribution in [0.2, 0.25) is 0 Å². The molecule has 2 N–H and O–H groups in total. The first-order chi connectivity index (χ1) is 15.1. The van der Waals surface area contributed by atoms with Crippen LogP contribution < -0.4 is 10.6 Å². The molecule has 0 unspecified atom stereocenters. The highest BCUT2D eigenvalue weighted by Crippen LogP contribution is 2.18. The summed E-state index contributed by atoms with van der Waals surface area (Å²) in [4.78, 5) is 48.9. The summed E-state index contributed by atoms with van der Waals surface area (Å²) < 4.78 is 5.21. The van der Waals surface area contributed by atoms with Crippen LogP contribution in [0.4, 0.5) is 16.2 Å². The van der Waals surface area contributed by atoms with Gasteiger partial charge in [0.25, 0.3) is 0 Å². The lowest BCUT2D eigenvalue weighted by atomic mass is 10.1. The van der Waals surface area contributed by atoms with E-state index in [1.807, 2.05) is 0 Å². The fourth-order valence-electron chi connectivity index (χ4n) is 3.19. The lowest BCUT2D eigenvalue weighted by Crippen LogP contribution is -2.28. The SMILES string of the molecule is CC(C)(C)OC(=O)Nc1ccc(CC(=O)Nc2ccc(CN3C(=O)CCC3=O)cc2)cc1. The van der Waals surface area contributed by atoms with E-state index in [9.17, 15) is 19.2 Å². The molecule has 32 heavy (non-hydrogen) atoms. The summed E-state index contributed by atoms with van der Waals surface area (Å²) in [6.07, 6.45) is 0.172. The molecule has 0 bridgehead atoms. The molecule has 0 aromatic heterocycles. The number of likely N-dealkylation sites (tertiary alicyclic amines) is 1. The van der Waals surface area contributed by atoms with Crippen molar-refractivity contribution < 1.29 is 23.9 Å². The number of carbonyl (C=O) groups is 4. The molecule has 0 saturated carbocycles. The minimum absolute atomic E-state index is 0.153. The Morgan fingerprint density at radius 1 is 0.844 bits per heavy atom. The molecular weight excluding hydrogens is 410 g/mol. The molecule has 168 valence electrons. The van der Waals surface area contributed by atoms with Gasteiger partial charge in [0.2, 0.25) is 17.7 Å². The molecular formula is C24H27N3O5. The van der Waals surface area contributed by atoms with E-state index in [1.165, 1.54) is 4.90 Å². The van der Waals surface area contributed by atoms with Gasteiger partial charge in [-0.25, -0.2) is 4.79 Å². The van der Waals surface area contributed by atoms with E-state index in [0.29, 0.717) is 11.4 Å². The molecule has 1 aliphatic rings. The van der Waals surface area contributed by atoms with E-state index in [4.69, 9.17) is 4.74 Å². The lowest BCUT2D eigenvalue weighted by Gasteiger charge is -2.19. The van der Waals surface area contributed by atoms with Crippen molar-refractivity contribution in [2.45, 2.75) is 52.2 Å². The minimum atomic E-state index is -0.580. The first kappa shape index (κ1) is 23.0. The van der Waals surface area contributed by atoms with Crippen LogP contribution in [0, 0.1) is 0 Å². The molecule has 0 aliphatic carbocycles. The second-order valence-electron chi connectivity index (χ2n) is 8.62. The smallest absolute Gasteiger partial charge is 0.412 e. The normalized spacial score (nSPS) is 13.8. The van der Waals surface area contributed by atoms with Crippen molar-refractivity contribution in [2.24, 2.45) is 0 Å². The van der Waals surface area contributed by atoms with Gasteiger partial charge >= 0.3 is 6.09 Å². The van der Waals surface area contributed by atoms with Crippen LogP contribution in [0.15, 0.2) is 48.5 Å². The Bertz CT molecular complexity index is 991. The Hall–Kier alpha value is -3.68. The van der Waals surface area contributed by atoms with Crippen molar-refractivity contribution in [1.82, 2.24) is 4.90 Å². The summed E-state index contributed by atoms with van der Waals surface area (Å²) >= 11 is 0. The predicted octanol–water partition coefficient (Wildman–Crippen LogP) is 3.86. The van der Waals surface area contributed by atoms with Crippen molar-refractivity contribution in [2.75, 3.05) is 10.6 Å². The quantitative estimate of drug-likeness (QED) is 0.668. The lowest BCUT2D eigenvalue weighted by molar-refractivity contribution is -0.139. The van der Waals surface area contributed by atoms with Crippen LogP contribution in [0.3, 0.4) is 0 Å². The van der Waals surface area contributed by atoms with Crippen molar-refractivity contribution >= 4 is 35.2 Å². The second-order valence-corrected chi connectivity index (χ2v) is 8.62. The first-order valence-electron chi connectivity index (χ1n) is 10.4. The number of amides is 4. The van der Waals surface area contributed by atoms with Crippen LogP contribution in [0.1, 0.15) is 44.7 Å². The summed E-state index contributed by atoms with van der Waals surface area (Å²) in [5, 5.41) is 5.47. The summed E-state index contributed by atoms with van der Waals surface area (Å²) in [6.45, 7) is 5.61. The highest BCUT2D eigenvalue weighted by atomic mass is 16.6. The Morgan fingerprint density at radius 3 is 1.88 bits per heavy atom. The zero-order valence-electron chi connectivity index (χ0n) is 18.4. The van der Waals surface area contributed by atoms with E-state index < -0.39 is 11.7 Å². The number of hydrogen-bond acceptors (Lipinski definition) is 5. The molecule has 1 saturated heterocycles. The fraction of sp³-hybridized carbons (Fsp3) is 0.333. The number of ether oxygens (including phenoxy) is 1. The maximum absolute atomic E-state index is 12.4. The average molecular weight is 437 g/mol. The van der Waals surface area contributed by atoms with Crippen LogP contribution in [-0.4, -0.2) is 34.3 Å². The molecule has 8 nitrogen and oxygen atoms in total. The predicted molar refractivity (Wildman–Crippen MR) is 120 cm³/mol. The molecule has 1 aliphatic heterocycles. The molecule has 0 spiro atoms. The standard InChI is InChI=1S/C24H27N3O5/c1-24(2,3)32-23(31)26-19-8-4-16(5-9-19)14-20(28)25-18-10-6-17(7-11-18)15-27-21(29)12-13-22(27)30/h4-11H,12-15H2,1-3H3,(H,25,28)(H,26,31). The Balaban J connectivity index is 1.49. The number of benzene rings is 2. The van der Waals surface area contributed by atoms with Crippen molar-refractivity contribution in [3.8, 4) is 0 Å². The molecule has 1 fully saturated rings.